The Kier molecular flexibility index (Phi) is 5.64. The van der Waals surface area contributed by atoms with Crippen LogP contribution in [-0.4, -0.2) is 54.0 Å². The van der Waals surface area contributed by atoms with Crippen LogP contribution in [-0.2, 0) is 24.6 Å². The van der Waals surface area contributed by atoms with Gasteiger partial charge in [0.15, 0.2) is 0 Å². The smallest absolute Gasteiger partial charge is 0.338 e. The van der Waals surface area contributed by atoms with Crippen molar-refractivity contribution >= 4 is 16.8 Å². The largest absolute Gasteiger partial charge is 0.419 e. The van der Waals surface area contributed by atoms with Crippen molar-refractivity contribution in [1.29, 1.82) is 0 Å². The van der Waals surface area contributed by atoms with Gasteiger partial charge >= 0.3 is 6.18 Å². The minimum absolute atomic E-state index is 0.00211. The number of carbonyl (C=O) groups excluding carboxylic acids is 1. The first-order valence-corrected chi connectivity index (χ1v) is 10.9. The van der Waals surface area contributed by atoms with Crippen molar-refractivity contribution in [3.63, 3.8) is 0 Å². The molecular formula is C23H19F5N6O2. The van der Waals surface area contributed by atoms with Crippen LogP contribution in [0.2, 0.25) is 0 Å². The van der Waals surface area contributed by atoms with E-state index in [2.05, 4.69) is 10.1 Å². The molecule has 0 N–H and O–H groups in total. The first-order chi connectivity index (χ1) is 17.0. The number of aryl methyl sites for hydroxylation is 1. The minimum atomic E-state index is -4.95. The van der Waals surface area contributed by atoms with Gasteiger partial charge in [-0.3, -0.25) is 18.8 Å². The topological polar surface area (TPSA) is 78.0 Å². The number of rotatable bonds is 4. The molecule has 8 nitrogen and oxygen atoms in total. The van der Waals surface area contributed by atoms with E-state index in [1.54, 1.807) is 7.05 Å². The second kappa shape index (κ2) is 8.57. The van der Waals surface area contributed by atoms with Crippen molar-refractivity contribution in [2.45, 2.75) is 25.3 Å². The zero-order chi connectivity index (χ0) is 25.8. The molecule has 4 heterocycles. The standard InChI is InChI=1S/C23H19F5N6O2/c1-31-12-29-22(30-31)34-10-15(13-2-3-17(25)16(8-13)23(26,27)28)20-18(34)5-7-33(21(20)36)11-19(35)32-6-4-14(24)9-32/h2-3,5,7-8,10,12,14H,4,6,9,11H2,1H3. The van der Waals surface area contributed by atoms with Gasteiger partial charge in [0, 0.05) is 31.5 Å². The zero-order valence-corrected chi connectivity index (χ0v) is 18.8. The third-order valence-electron chi connectivity index (χ3n) is 6.11. The number of fused-ring (bicyclic) bond motifs is 1. The molecule has 5 rings (SSSR count). The molecule has 188 valence electrons. The fraction of sp³-hybridized carbons (Fsp3) is 0.304. The van der Waals surface area contributed by atoms with Gasteiger partial charge in [-0.2, -0.15) is 18.2 Å². The van der Waals surface area contributed by atoms with E-state index in [0.717, 1.165) is 10.6 Å². The summed E-state index contributed by atoms with van der Waals surface area (Å²) in [6, 6.07) is 3.98. The summed E-state index contributed by atoms with van der Waals surface area (Å²) in [5.41, 5.74) is -1.81. The molecule has 0 spiro atoms. The van der Waals surface area contributed by atoms with Gasteiger partial charge in [-0.1, -0.05) is 6.07 Å². The van der Waals surface area contributed by atoms with Crippen LogP contribution in [0.3, 0.4) is 0 Å². The number of hydrogen-bond donors (Lipinski definition) is 0. The normalized spacial score (nSPS) is 16.3. The summed E-state index contributed by atoms with van der Waals surface area (Å²) in [5.74, 6) is -1.74. The number of hydrogen-bond acceptors (Lipinski definition) is 4. The molecule has 0 aliphatic carbocycles. The number of alkyl halides is 4. The number of halogens is 5. The lowest BCUT2D eigenvalue weighted by Gasteiger charge is -2.16. The highest BCUT2D eigenvalue weighted by Gasteiger charge is 2.35. The van der Waals surface area contributed by atoms with Crippen molar-refractivity contribution in [1.82, 2.24) is 28.8 Å². The summed E-state index contributed by atoms with van der Waals surface area (Å²) in [7, 11) is 1.62. The van der Waals surface area contributed by atoms with E-state index >= 15 is 0 Å². The van der Waals surface area contributed by atoms with Crippen LogP contribution in [0.15, 0.2) is 47.8 Å². The summed E-state index contributed by atoms with van der Waals surface area (Å²) in [6.45, 7) is -0.191. The molecule has 0 bridgehead atoms. The Morgan fingerprint density at radius 3 is 2.64 bits per heavy atom. The summed E-state index contributed by atoms with van der Waals surface area (Å²) in [6.07, 6.45) is -1.67. The van der Waals surface area contributed by atoms with Crippen molar-refractivity contribution in [2.75, 3.05) is 13.1 Å². The van der Waals surface area contributed by atoms with Crippen molar-refractivity contribution in [3.8, 4) is 17.1 Å². The van der Waals surface area contributed by atoms with E-state index in [4.69, 9.17) is 0 Å². The molecule has 1 fully saturated rings. The van der Waals surface area contributed by atoms with Gasteiger partial charge in [-0.05, 0) is 30.2 Å². The Labute approximate surface area is 200 Å². The second-order valence-electron chi connectivity index (χ2n) is 8.56. The van der Waals surface area contributed by atoms with Crippen LogP contribution in [0.25, 0.3) is 28.0 Å². The van der Waals surface area contributed by atoms with Gasteiger partial charge in [-0.25, -0.2) is 8.78 Å². The summed E-state index contributed by atoms with van der Waals surface area (Å²) >= 11 is 0. The van der Waals surface area contributed by atoms with Gasteiger partial charge in [-0.15, -0.1) is 5.10 Å². The quantitative estimate of drug-likeness (QED) is 0.398. The lowest BCUT2D eigenvalue weighted by Crippen LogP contribution is -2.35. The first kappa shape index (κ1) is 23.7. The predicted octanol–water partition coefficient (Wildman–Crippen LogP) is 3.32. The number of benzene rings is 1. The maximum atomic E-state index is 13.9. The van der Waals surface area contributed by atoms with E-state index in [1.807, 2.05) is 0 Å². The lowest BCUT2D eigenvalue weighted by atomic mass is 10.0. The molecule has 36 heavy (non-hydrogen) atoms. The first-order valence-electron chi connectivity index (χ1n) is 10.9. The molecule has 13 heteroatoms. The highest BCUT2D eigenvalue weighted by atomic mass is 19.4. The molecule has 0 saturated carbocycles. The number of likely N-dealkylation sites (tertiary alicyclic amines) is 1. The summed E-state index contributed by atoms with van der Waals surface area (Å²) < 4.78 is 71.6. The minimum Gasteiger partial charge on any atom is -0.338 e. The third kappa shape index (κ3) is 4.14. The van der Waals surface area contributed by atoms with E-state index in [1.165, 1.54) is 38.9 Å². The molecule has 1 amide bonds. The number of nitrogens with zero attached hydrogens (tertiary/aromatic N) is 6. The van der Waals surface area contributed by atoms with Gasteiger partial charge in [0.1, 0.15) is 24.9 Å². The zero-order valence-electron chi connectivity index (χ0n) is 18.8. The van der Waals surface area contributed by atoms with E-state index < -0.39 is 35.2 Å². The summed E-state index contributed by atoms with van der Waals surface area (Å²) in [5, 5.41) is 4.19. The number of carbonyl (C=O) groups is 1. The number of amides is 1. The predicted molar refractivity (Wildman–Crippen MR) is 119 cm³/mol. The second-order valence-corrected chi connectivity index (χ2v) is 8.56. The SMILES string of the molecule is Cn1cnc(-n2cc(-c3ccc(F)c(C(F)(F)F)c3)c3c(=O)n(CC(=O)N4CCC(F)C4)ccc32)n1. The Bertz CT molecular complexity index is 1540. The highest BCUT2D eigenvalue weighted by Crippen LogP contribution is 2.36. The monoisotopic (exact) mass is 506 g/mol. The molecule has 1 aromatic carbocycles. The van der Waals surface area contributed by atoms with E-state index in [9.17, 15) is 31.5 Å². The molecule has 1 unspecified atom stereocenters. The molecule has 1 atom stereocenters. The van der Waals surface area contributed by atoms with Crippen molar-refractivity contribution in [3.05, 3.63) is 64.7 Å². The van der Waals surface area contributed by atoms with Crippen LogP contribution in [0.4, 0.5) is 22.0 Å². The van der Waals surface area contributed by atoms with Crippen LogP contribution in [0.5, 0.6) is 0 Å². The van der Waals surface area contributed by atoms with Crippen LogP contribution in [0, 0.1) is 5.82 Å². The van der Waals surface area contributed by atoms with Crippen molar-refractivity contribution < 1.29 is 26.7 Å². The van der Waals surface area contributed by atoms with Crippen molar-refractivity contribution in [2.24, 2.45) is 7.05 Å². The molecule has 4 aromatic rings. The Balaban J connectivity index is 1.68. The molecular weight excluding hydrogens is 487 g/mol. The molecule has 1 saturated heterocycles. The molecule has 1 aliphatic rings. The maximum absolute atomic E-state index is 13.9. The Morgan fingerprint density at radius 2 is 2.00 bits per heavy atom. The van der Waals surface area contributed by atoms with Crippen LogP contribution >= 0.6 is 0 Å². The van der Waals surface area contributed by atoms with Crippen LogP contribution in [0.1, 0.15) is 12.0 Å². The average Bonchev–Trinajstić information content (AvgIpc) is 3.53. The number of aromatic nitrogens is 5. The van der Waals surface area contributed by atoms with Gasteiger partial charge in [0.05, 0.1) is 23.0 Å². The molecule has 1 aliphatic heterocycles. The Morgan fingerprint density at radius 1 is 1.22 bits per heavy atom. The fourth-order valence-corrected chi connectivity index (χ4v) is 4.33. The third-order valence-corrected chi connectivity index (χ3v) is 6.11. The highest BCUT2D eigenvalue weighted by molar-refractivity contribution is 5.96. The Hall–Kier alpha value is -4.03. The number of pyridine rings is 1. The van der Waals surface area contributed by atoms with Gasteiger partial charge < -0.3 is 9.47 Å². The van der Waals surface area contributed by atoms with Crippen LogP contribution < -0.4 is 5.56 Å². The average molecular weight is 506 g/mol. The van der Waals surface area contributed by atoms with Gasteiger partial charge in [0.2, 0.25) is 5.91 Å². The lowest BCUT2D eigenvalue weighted by molar-refractivity contribution is -0.140. The fourth-order valence-electron chi connectivity index (χ4n) is 4.33. The molecule has 3 aromatic heterocycles. The van der Waals surface area contributed by atoms with Gasteiger partial charge in [0.25, 0.3) is 11.5 Å². The van der Waals surface area contributed by atoms with E-state index in [0.29, 0.717) is 12.1 Å². The maximum Gasteiger partial charge on any atom is 0.419 e. The molecule has 0 radical (unpaired) electrons. The summed E-state index contributed by atoms with van der Waals surface area (Å²) in [4.78, 5) is 31.6. The van der Waals surface area contributed by atoms with E-state index in [-0.39, 0.29) is 54.0 Å².